The Labute approximate surface area is 139 Å². The van der Waals surface area contributed by atoms with Crippen LogP contribution in [0, 0.1) is 20.8 Å². The van der Waals surface area contributed by atoms with Crippen LogP contribution in [0.1, 0.15) is 28.8 Å². The van der Waals surface area contributed by atoms with Crippen LogP contribution >= 0.6 is 22.9 Å². The third-order valence-electron chi connectivity index (χ3n) is 3.83. The molecule has 0 aliphatic carbocycles. The summed E-state index contributed by atoms with van der Waals surface area (Å²) in [5.41, 5.74) is 3.37. The van der Waals surface area contributed by atoms with Crippen LogP contribution in [0.4, 0.5) is 11.5 Å². The van der Waals surface area contributed by atoms with Crippen molar-refractivity contribution in [3.63, 3.8) is 0 Å². The molecule has 22 heavy (non-hydrogen) atoms. The van der Waals surface area contributed by atoms with Gasteiger partial charge in [-0.05, 0) is 50.1 Å². The standard InChI is InChI=1S/C17H18ClN3S/c1-5-14-20-16(15-10(3)11(4)22-17(15)21-14)19-13-7-6-12(18)8-9(13)2/h6-8H,5H2,1-4H3,(H,19,20,21). The lowest BCUT2D eigenvalue weighted by molar-refractivity contribution is 0.966. The van der Waals surface area contributed by atoms with Crippen molar-refractivity contribution in [3.05, 3.63) is 45.1 Å². The highest BCUT2D eigenvalue weighted by molar-refractivity contribution is 7.18. The molecule has 0 saturated heterocycles. The Morgan fingerprint density at radius 3 is 2.64 bits per heavy atom. The molecule has 5 heteroatoms. The monoisotopic (exact) mass is 331 g/mol. The van der Waals surface area contributed by atoms with E-state index in [-0.39, 0.29) is 0 Å². The van der Waals surface area contributed by atoms with Gasteiger partial charge in [0.15, 0.2) is 0 Å². The van der Waals surface area contributed by atoms with E-state index in [0.29, 0.717) is 0 Å². The number of nitrogens with zero attached hydrogens (tertiary/aromatic N) is 2. The lowest BCUT2D eigenvalue weighted by Gasteiger charge is -2.11. The first-order chi connectivity index (χ1) is 10.5. The van der Waals surface area contributed by atoms with Gasteiger partial charge >= 0.3 is 0 Å². The zero-order chi connectivity index (χ0) is 15.9. The van der Waals surface area contributed by atoms with Crippen molar-refractivity contribution < 1.29 is 0 Å². The van der Waals surface area contributed by atoms with Gasteiger partial charge in [-0.2, -0.15) is 0 Å². The summed E-state index contributed by atoms with van der Waals surface area (Å²) in [6.07, 6.45) is 0.820. The Hall–Kier alpha value is -1.65. The minimum absolute atomic E-state index is 0.743. The average Bonchev–Trinajstić information content (AvgIpc) is 2.77. The van der Waals surface area contributed by atoms with Gasteiger partial charge < -0.3 is 5.32 Å². The normalized spacial score (nSPS) is 11.1. The van der Waals surface area contributed by atoms with Gasteiger partial charge in [-0.3, -0.25) is 0 Å². The fourth-order valence-electron chi connectivity index (χ4n) is 2.44. The van der Waals surface area contributed by atoms with Crippen LogP contribution in [0.2, 0.25) is 5.02 Å². The minimum atomic E-state index is 0.743. The number of hydrogen-bond donors (Lipinski definition) is 1. The third-order valence-corrected chi connectivity index (χ3v) is 5.17. The molecule has 3 nitrogen and oxygen atoms in total. The van der Waals surface area contributed by atoms with Gasteiger partial charge in [0.1, 0.15) is 16.5 Å². The van der Waals surface area contributed by atoms with E-state index in [0.717, 1.165) is 44.6 Å². The molecule has 0 aliphatic rings. The van der Waals surface area contributed by atoms with Crippen LogP contribution in [0.5, 0.6) is 0 Å². The molecule has 0 atom stereocenters. The van der Waals surface area contributed by atoms with E-state index in [1.54, 1.807) is 11.3 Å². The largest absolute Gasteiger partial charge is 0.339 e. The summed E-state index contributed by atoms with van der Waals surface area (Å²) in [5.74, 6) is 1.75. The molecular formula is C17H18ClN3S. The van der Waals surface area contributed by atoms with Crippen molar-refractivity contribution in [1.29, 1.82) is 0 Å². The maximum Gasteiger partial charge on any atom is 0.143 e. The highest BCUT2D eigenvalue weighted by Crippen LogP contribution is 2.35. The van der Waals surface area contributed by atoms with Crippen molar-refractivity contribution in [1.82, 2.24) is 9.97 Å². The fourth-order valence-corrected chi connectivity index (χ4v) is 3.71. The minimum Gasteiger partial charge on any atom is -0.339 e. The Morgan fingerprint density at radius 1 is 1.18 bits per heavy atom. The summed E-state index contributed by atoms with van der Waals surface area (Å²) in [5, 5.41) is 5.33. The summed E-state index contributed by atoms with van der Waals surface area (Å²) in [6, 6.07) is 5.84. The number of thiophene rings is 1. The number of aromatic nitrogens is 2. The second kappa shape index (κ2) is 5.86. The fraction of sp³-hybridized carbons (Fsp3) is 0.294. The van der Waals surface area contributed by atoms with Crippen LogP contribution in [-0.4, -0.2) is 9.97 Å². The van der Waals surface area contributed by atoms with Crippen LogP contribution in [0.15, 0.2) is 18.2 Å². The van der Waals surface area contributed by atoms with Crippen LogP contribution in [-0.2, 0) is 6.42 Å². The van der Waals surface area contributed by atoms with Crippen molar-refractivity contribution in [2.24, 2.45) is 0 Å². The first-order valence-electron chi connectivity index (χ1n) is 7.29. The lowest BCUT2D eigenvalue weighted by atomic mass is 10.1. The number of rotatable bonds is 3. The van der Waals surface area contributed by atoms with E-state index >= 15 is 0 Å². The first-order valence-corrected chi connectivity index (χ1v) is 8.48. The van der Waals surface area contributed by atoms with Gasteiger partial charge in [0, 0.05) is 22.0 Å². The molecule has 114 valence electrons. The summed E-state index contributed by atoms with van der Waals surface area (Å²) >= 11 is 7.77. The molecule has 0 aliphatic heterocycles. The number of benzene rings is 1. The summed E-state index contributed by atoms with van der Waals surface area (Å²) in [7, 11) is 0. The number of fused-ring (bicyclic) bond motifs is 1. The number of aryl methyl sites for hydroxylation is 4. The van der Waals surface area contributed by atoms with Gasteiger partial charge in [0.2, 0.25) is 0 Å². The Balaban J connectivity index is 2.16. The first kappa shape index (κ1) is 15.3. The summed E-state index contributed by atoms with van der Waals surface area (Å²) in [6.45, 7) is 8.37. The SMILES string of the molecule is CCc1nc(Nc2ccc(Cl)cc2C)c2c(C)c(C)sc2n1. The van der Waals surface area contributed by atoms with Gasteiger partial charge in [-0.1, -0.05) is 18.5 Å². The van der Waals surface area contributed by atoms with Crippen molar-refractivity contribution >= 4 is 44.7 Å². The molecular weight excluding hydrogens is 314 g/mol. The zero-order valence-corrected chi connectivity index (χ0v) is 14.7. The molecule has 0 radical (unpaired) electrons. The van der Waals surface area contributed by atoms with E-state index in [1.165, 1.54) is 10.4 Å². The second-order valence-electron chi connectivity index (χ2n) is 5.39. The molecule has 3 aromatic rings. The molecule has 0 unspecified atom stereocenters. The van der Waals surface area contributed by atoms with Crippen molar-refractivity contribution in [2.75, 3.05) is 5.32 Å². The molecule has 0 amide bonds. The van der Waals surface area contributed by atoms with Crippen LogP contribution < -0.4 is 5.32 Å². The Bertz CT molecular complexity index is 855. The molecule has 0 saturated carbocycles. The molecule has 2 heterocycles. The van der Waals surface area contributed by atoms with Gasteiger partial charge in [0.25, 0.3) is 0 Å². The van der Waals surface area contributed by atoms with Crippen molar-refractivity contribution in [3.8, 4) is 0 Å². The molecule has 0 spiro atoms. The number of anilines is 2. The van der Waals surface area contributed by atoms with Crippen LogP contribution in [0.3, 0.4) is 0 Å². The van der Waals surface area contributed by atoms with E-state index in [4.69, 9.17) is 16.6 Å². The third kappa shape index (κ3) is 2.69. The van der Waals surface area contributed by atoms with E-state index in [2.05, 4.69) is 31.1 Å². The van der Waals surface area contributed by atoms with Gasteiger partial charge in [0.05, 0.1) is 5.39 Å². The molecule has 2 aromatic heterocycles. The Kier molecular flexibility index (Phi) is 4.06. The summed E-state index contributed by atoms with van der Waals surface area (Å²) < 4.78 is 0. The molecule has 3 rings (SSSR count). The number of nitrogens with one attached hydrogen (secondary N) is 1. The molecule has 0 bridgehead atoms. The zero-order valence-electron chi connectivity index (χ0n) is 13.1. The maximum atomic E-state index is 6.04. The van der Waals surface area contributed by atoms with E-state index < -0.39 is 0 Å². The van der Waals surface area contributed by atoms with Crippen LogP contribution in [0.25, 0.3) is 10.2 Å². The van der Waals surface area contributed by atoms with Gasteiger partial charge in [-0.15, -0.1) is 11.3 Å². The van der Waals surface area contributed by atoms with E-state index in [9.17, 15) is 0 Å². The highest BCUT2D eigenvalue weighted by atomic mass is 35.5. The molecule has 1 N–H and O–H groups in total. The molecule has 0 fully saturated rings. The number of halogens is 1. The van der Waals surface area contributed by atoms with E-state index in [1.807, 2.05) is 25.1 Å². The summed E-state index contributed by atoms with van der Waals surface area (Å²) in [4.78, 5) is 11.7. The molecule has 1 aromatic carbocycles. The lowest BCUT2D eigenvalue weighted by Crippen LogP contribution is -2.01. The highest BCUT2D eigenvalue weighted by Gasteiger charge is 2.14. The maximum absolute atomic E-state index is 6.04. The smallest absolute Gasteiger partial charge is 0.143 e. The topological polar surface area (TPSA) is 37.8 Å². The quantitative estimate of drug-likeness (QED) is 0.681. The predicted octanol–water partition coefficient (Wildman–Crippen LogP) is 5.58. The Morgan fingerprint density at radius 2 is 1.95 bits per heavy atom. The second-order valence-corrected chi connectivity index (χ2v) is 7.03. The van der Waals surface area contributed by atoms with Gasteiger partial charge in [-0.25, -0.2) is 9.97 Å². The average molecular weight is 332 g/mol. The number of hydrogen-bond acceptors (Lipinski definition) is 4. The van der Waals surface area contributed by atoms with Crippen molar-refractivity contribution in [2.45, 2.75) is 34.1 Å². The predicted molar refractivity (Wildman–Crippen MR) is 95.7 cm³/mol.